The van der Waals surface area contributed by atoms with E-state index in [0.717, 1.165) is 31.0 Å². The number of fused-ring (bicyclic) bond motifs is 1. The standard InChI is InChI=1S/C17H26N4O3/c1-2-23-11-13-9-20(17(22)15-4-3-7-24-15)10-14-16(13)21(19-18-14)8-12-5-6-12/h12-13,15H,2-11H2,1H3/t13-,15-/m1/s1. The molecule has 0 unspecified atom stereocenters. The first kappa shape index (κ1) is 16.0. The maximum absolute atomic E-state index is 12.7. The van der Waals surface area contributed by atoms with Crippen LogP contribution in [0.3, 0.4) is 0 Å². The molecule has 4 rings (SSSR count). The lowest BCUT2D eigenvalue weighted by atomic mass is 9.98. The number of hydrogen-bond acceptors (Lipinski definition) is 5. The van der Waals surface area contributed by atoms with E-state index in [1.807, 2.05) is 11.8 Å². The predicted octanol–water partition coefficient (Wildman–Crippen LogP) is 1.33. The Morgan fingerprint density at radius 2 is 2.25 bits per heavy atom. The van der Waals surface area contributed by atoms with Gasteiger partial charge in [-0.1, -0.05) is 5.21 Å². The van der Waals surface area contributed by atoms with Crippen molar-refractivity contribution in [3.63, 3.8) is 0 Å². The first-order chi connectivity index (χ1) is 11.8. The lowest BCUT2D eigenvalue weighted by Gasteiger charge is -2.33. The number of carbonyl (C=O) groups is 1. The maximum atomic E-state index is 12.7. The van der Waals surface area contributed by atoms with Crippen molar-refractivity contribution in [3.8, 4) is 0 Å². The number of ether oxygens (including phenoxy) is 2. The second-order valence-electron chi connectivity index (χ2n) is 7.12. The molecule has 0 radical (unpaired) electrons. The lowest BCUT2D eigenvalue weighted by molar-refractivity contribution is -0.142. The second kappa shape index (κ2) is 6.80. The molecule has 2 aliphatic heterocycles. The van der Waals surface area contributed by atoms with E-state index in [-0.39, 0.29) is 17.9 Å². The highest BCUT2D eigenvalue weighted by Gasteiger charge is 2.37. The van der Waals surface area contributed by atoms with Crippen molar-refractivity contribution < 1.29 is 14.3 Å². The van der Waals surface area contributed by atoms with Gasteiger partial charge in [0.2, 0.25) is 0 Å². The molecule has 132 valence electrons. The van der Waals surface area contributed by atoms with Gasteiger partial charge in [0.25, 0.3) is 5.91 Å². The molecule has 0 N–H and O–H groups in total. The van der Waals surface area contributed by atoms with Crippen LogP contribution in [0.5, 0.6) is 0 Å². The van der Waals surface area contributed by atoms with Crippen LogP contribution in [0.15, 0.2) is 0 Å². The zero-order valence-corrected chi connectivity index (χ0v) is 14.3. The van der Waals surface area contributed by atoms with Gasteiger partial charge >= 0.3 is 0 Å². The van der Waals surface area contributed by atoms with Gasteiger partial charge in [0.15, 0.2) is 0 Å². The molecule has 1 aliphatic carbocycles. The van der Waals surface area contributed by atoms with Crippen molar-refractivity contribution in [2.45, 2.75) is 57.7 Å². The number of rotatable bonds is 6. The van der Waals surface area contributed by atoms with Gasteiger partial charge < -0.3 is 14.4 Å². The Morgan fingerprint density at radius 1 is 1.38 bits per heavy atom. The number of aromatic nitrogens is 3. The summed E-state index contributed by atoms with van der Waals surface area (Å²) in [4.78, 5) is 14.6. The topological polar surface area (TPSA) is 69.5 Å². The third-order valence-electron chi connectivity index (χ3n) is 5.18. The third kappa shape index (κ3) is 3.19. The van der Waals surface area contributed by atoms with Crippen LogP contribution in [0.2, 0.25) is 0 Å². The first-order valence-corrected chi connectivity index (χ1v) is 9.16. The predicted molar refractivity (Wildman–Crippen MR) is 86.4 cm³/mol. The van der Waals surface area contributed by atoms with E-state index in [4.69, 9.17) is 9.47 Å². The van der Waals surface area contributed by atoms with Crippen LogP contribution >= 0.6 is 0 Å². The van der Waals surface area contributed by atoms with Crippen molar-refractivity contribution >= 4 is 5.91 Å². The summed E-state index contributed by atoms with van der Waals surface area (Å²) in [5, 5.41) is 8.75. The highest BCUT2D eigenvalue weighted by Crippen LogP contribution is 2.34. The van der Waals surface area contributed by atoms with E-state index in [0.29, 0.717) is 32.9 Å². The van der Waals surface area contributed by atoms with Crippen molar-refractivity contribution in [3.05, 3.63) is 11.4 Å². The minimum Gasteiger partial charge on any atom is -0.381 e. The molecule has 1 amide bonds. The zero-order chi connectivity index (χ0) is 16.5. The maximum Gasteiger partial charge on any atom is 0.252 e. The largest absolute Gasteiger partial charge is 0.381 e. The molecule has 0 spiro atoms. The van der Waals surface area contributed by atoms with E-state index < -0.39 is 0 Å². The molecule has 0 aromatic carbocycles. The molecule has 7 nitrogen and oxygen atoms in total. The van der Waals surface area contributed by atoms with Gasteiger partial charge in [-0.25, -0.2) is 4.68 Å². The summed E-state index contributed by atoms with van der Waals surface area (Å²) in [5.41, 5.74) is 2.10. The highest BCUT2D eigenvalue weighted by atomic mass is 16.5. The molecule has 1 saturated heterocycles. The molecular formula is C17H26N4O3. The Hall–Kier alpha value is -1.47. The van der Waals surface area contributed by atoms with Crippen molar-refractivity contribution in [1.29, 1.82) is 0 Å². The van der Waals surface area contributed by atoms with Gasteiger partial charge in [0.05, 0.1) is 18.8 Å². The quantitative estimate of drug-likeness (QED) is 0.785. The van der Waals surface area contributed by atoms with Gasteiger partial charge in [-0.2, -0.15) is 0 Å². The minimum atomic E-state index is -0.277. The van der Waals surface area contributed by atoms with E-state index in [1.54, 1.807) is 0 Å². The fourth-order valence-electron chi connectivity index (χ4n) is 3.73. The smallest absolute Gasteiger partial charge is 0.252 e. The lowest BCUT2D eigenvalue weighted by Crippen LogP contribution is -2.44. The summed E-state index contributed by atoms with van der Waals surface area (Å²) in [6.07, 6.45) is 4.09. The summed E-state index contributed by atoms with van der Waals surface area (Å²) in [5.74, 6) is 0.985. The first-order valence-electron chi connectivity index (χ1n) is 9.16. The number of carbonyl (C=O) groups excluding carboxylic acids is 1. The van der Waals surface area contributed by atoms with Gasteiger partial charge in [-0.05, 0) is 38.5 Å². The van der Waals surface area contributed by atoms with Crippen LogP contribution in [-0.4, -0.2) is 58.3 Å². The van der Waals surface area contributed by atoms with Gasteiger partial charge in [-0.3, -0.25) is 4.79 Å². The summed E-state index contributed by atoms with van der Waals surface area (Å²) >= 11 is 0. The molecule has 1 saturated carbocycles. The summed E-state index contributed by atoms with van der Waals surface area (Å²) in [6.45, 7) is 6.14. The van der Waals surface area contributed by atoms with Crippen LogP contribution in [0.25, 0.3) is 0 Å². The van der Waals surface area contributed by atoms with Crippen molar-refractivity contribution in [2.24, 2.45) is 5.92 Å². The molecule has 1 aromatic rings. The minimum absolute atomic E-state index is 0.0939. The van der Waals surface area contributed by atoms with E-state index in [1.165, 1.54) is 18.5 Å². The van der Waals surface area contributed by atoms with Gasteiger partial charge in [-0.15, -0.1) is 5.10 Å². The van der Waals surface area contributed by atoms with Crippen LogP contribution in [0, 0.1) is 5.92 Å². The fourth-order valence-corrected chi connectivity index (χ4v) is 3.73. The average molecular weight is 334 g/mol. The normalized spacial score (nSPS) is 26.6. The molecule has 7 heteroatoms. The monoisotopic (exact) mass is 334 g/mol. The molecule has 24 heavy (non-hydrogen) atoms. The Morgan fingerprint density at radius 3 is 2.96 bits per heavy atom. The summed E-state index contributed by atoms with van der Waals surface area (Å²) < 4.78 is 13.3. The molecule has 3 heterocycles. The van der Waals surface area contributed by atoms with Crippen molar-refractivity contribution in [2.75, 3.05) is 26.4 Å². The SMILES string of the molecule is CCOC[C@H]1CN(C(=O)[C@H]2CCCO2)Cc2nnn(CC3CC3)c21. The van der Waals surface area contributed by atoms with Gasteiger partial charge in [0.1, 0.15) is 11.8 Å². The molecule has 2 fully saturated rings. The molecule has 0 bridgehead atoms. The number of nitrogens with zero attached hydrogens (tertiary/aromatic N) is 4. The Labute approximate surface area is 142 Å². The van der Waals surface area contributed by atoms with E-state index in [2.05, 4.69) is 15.0 Å². The highest BCUT2D eigenvalue weighted by molar-refractivity contribution is 5.81. The van der Waals surface area contributed by atoms with E-state index >= 15 is 0 Å². The van der Waals surface area contributed by atoms with Crippen LogP contribution in [0.4, 0.5) is 0 Å². The Kier molecular flexibility index (Phi) is 4.54. The summed E-state index contributed by atoms with van der Waals surface area (Å²) in [6, 6.07) is 0. The molecular weight excluding hydrogens is 308 g/mol. The van der Waals surface area contributed by atoms with Crippen LogP contribution in [-0.2, 0) is 27.4 Å². The molecule has 2 atom stereocenters. The summed E-state index contributed by atoms with van der Waals surface area (Å²) in [7, 11) is 0. The second-order valence-corrected chi connectivity index (χ2v) is 7.12. The Balaban J connectivity index is 1.54. The number of hydrogen-bond donors (Lipinski definition) is 0. The fraction of sp³-hybridized carbons (Fsp3) is 0.824. The van der Waals surface area contributed by atoms with Crippen LogP contribution < -0.4 is 0 Å². The van der Waals surface area contributed by atoms with Crippen LogP contribution in [0.1, 0.15) is 49.9 Å². The number of amides is 1. The average Bonchev–Trinajstić information content (AvgIpc) is 3.09. The molecule has 3 aliphatic rings. The Bertz CT molecular complexity index is 593. The molecule has 1 aromatic heterocycles. The third-order valence-corrected chi connectivity index (χ3v) is 5.18. The van der Waals surface area contributed by atoms with Gasteiger partial charge in [0, 0.05) is 32.2 Å². The van der Waals surface area contributed by atoms with E-state index in [9.17, 15) is 4.79 Å². The zero-order valence-electron chi connectivity index (χ0n) is 14.3. The van der Waals surface area contributed by atoms with Crippen molar-refractivity contribution in [1.82, 2.24) is 19.9 Å².